The summed E-state index contributed by atoms with van der Waals surface area (Å²) in [4.78, 5) is 27.5. The number of nitrogens with one attached hydrogen (secondary N) is 1. The smallest absolute Gasteiger partial charge is 0.234 e. The molecule has 0 spiro atoms. The molecule has 198 valence electrons. The molecule has 5 rings (SSSR count). The Balaban J connectivity index is 1.42. The van der Waals surface area contributed by atoms with Crippen LogP contribution >= 0.6 is 39.0 Å². The number of Topliss-reactive ketones (excluding diaryl/α,β-unsaturated/α-hetero) is 1. The zero-order valence-corrected chi connectivity index (χ0v) is 24.3. The van der Waals surface area contributed by atoms with Gasteiger partial charge in [0.05, 0.1) is 29.0 Å². The number of nitrogens with zero attached hydrogens (tertiary/aromatic N) is 4. The Hall–Kier alpha value is -3.46. The number of amides is 1. The molecule has 1 amide bonds. The number of hydrogen-bond donors (Lipinski definition) is 2. The van der Waals surface area contributed by atoms with Crippen molar-refractivity contribution < 1.29 is 9.59 Å². The molecule has 39 heavy (non-hydrogen) atoms. The molecule has 8 nitrogen and oxygen atoms in total. The number of nitrogens with two attached hydrogens (primary N) is 1. The van der Waals surface area contributed by atoms with Crippen LogP contribution in [0.2, 0.25) is 0 Å². The summed E-state index contributed by atoms with van der Waals surface area (Å²) in [6.45, 7) is 2.08. The molecule has 11 heteroatoms. The Bertz CT molecular complexity index is 1540. The molecule has 0 fully saturated rings. The highest BCUT2D eigenvalue weighted by molar-refractivity contribution is 9.10. The number of allylic oxidation sites excluding steroid dienone is 3. The Labute approximate surface area is 243 Å². The van der Waals surface area contributed by atoms with Crippen molar-refractivity contribution >= 4 is 61.5 Å². The minimum Gasteiger partial charge on any atom is -0.384 e. The predicted molar refractivity (Wildman–Crippen MR) is 157 cm³/mol. The summed E-state index contributed by atoms with van der Waals surface area (Å²) in [5, 5.41) is 22.1. The van der Waals surface area contributed by atoms with Crippen molar-refractivity contribution in [3.63, 3.8) is 0 Å². The second kappa shape index (κ2) is 11.7. The molecule has 0 bridgehead atoms. The van der Waals surface area contributed by atoms with Gasteiger partial charge in [0, 0.05) is 22.2 Å². The number of carbonyl (C=O) groups excluding carboxylic acids is 2. The number of para-hydroxylation sites is 1. The summed E-state index contributed by atoms with van der Waals surface area (Å²) in [7, 11) is 0. The van der Waals surface area contributed by atoms with Crippen LogP contribution in [0.5, 0.6) is 0 Å². The monoisotopic (exact) mass is 620 g/mol. The largest absolute Gasteiger partial charge is 0.384 e. The van der Waals surface area contributed by atoms with Gasteiger partial charge >= 0.3 is 0 Å². The van der Waals surface area contributed by atoms with Gasteiger partial charge in [0.2, 0.25) is 11.0 Å². The molecular formula is C28H25BrN6O2S2. The van der Waals surface area contributed by atoms with E-state index in [0.29, 0.717) is 45.6 Å². The fraction of sp³-hybridized carbons (Fsp3) is 0.250. The average Bonchev–Trinajstić information content (AvgIpc) is 3.41. The fourth-order valence-corrected chi connectivity index (χ4v) is 6.88. The van der Waals surface area contributed by atoms with Gasteiger partial charge in [-0.05, 0) is 58.5 Å². The molecular weight excluding hydrogens is 596 g/mol. The van der Waals surface area contributed by atoms with Crippen LogP contribution < -0.4 is 16.0 Å². The summed E-state index contributed by atoms with van der Waals surface area (Å²) < 4.78 is 1.38. The topological polar surface area (TPSA) is 125 Å². The molecule has 0 saturated heterocycles. The lowest BCUT2D eigenvalue weighted by Crippen LogP contribution is -2.38. The van der Waals surface area contributed by atoms with E-state index in [-0.39, 0.29) is 23.3 Å². The standard InChI is InChI=1S/C28H25BrN6O2S2/c1-2-16-10-12-17(13-11-16)24-18(14-30)26(31)35(21-8-5-9-22(36)25(21)24)27-33-34-28(39-27)38-15-23(37)32-20-7-4-3-6-19(20)29/h3-4,6-7,10-13,24H,2,5,8-9,15,31H2,1H3,(H,32,37). The second-order valence-corrected chi connectivity index (χ2v) is 12.1. The zero-order valence-electron chi connectivity index (χ0n) is 21.1. The minimum absolute atomic E-state index is 0.0222. The summed E-state index contributed by atoms with van der Waals surface area (Å²) in [5.74, 6) is -0.258. The fourth-order valence-electron chi connectivity index (χ4n) is 4.81. The van der Waals surface area contributed by atoms with Gasteiger partial charge < -0.3 is 11.1 Å². The van der Waals surface area contributed by atoms with Crippen LogP contribution in [0, 0.1) is 11.3 Å². The van der Waals surface area contributed by atoms with E-state index in [9.17, 15) is 14.9 Å². The van der Waals surface area contributed by atoms with Crippen LogP contribution in [0.1, 0.15) is 43.2 Å². The molecule has 1 aliphatic heterocycles. The number of aryl methyl sites for hydroxylation is 1. The van der Waals surface area contributed by atoms with Crippen LogP contribution in [-0.4, -0.2) is 27.6 Å². The molecule has 1 atom stereocenters. The molecule has 3 N–H and O–H groups in total. The number of thioether (sulfide) groups is 1. The van der Waals surface area contributed by atoms with E-state index in [4.69, 9.17) is 5.73 Å². The molecule has 0 saturated carbocycles. The number of hydrogen-bond acceptors (Lipinski definition) is 9. The van der Waals surface area contributed by atoms with Crippen molar-refractivity contribution in [2.24, 2.45) is 5.73 Å². The minimum atomic E-state index is -0.511. The highest BCUT2D eigenvalue weighted by Gasteiger charge is 2.41. The van der Waals surface area contributed by atoms with E-state index in [2.05, 4.69) is 44.4 Å². The first-order chi connectivity index (χ1) is 18.9. The lowest BCUT2D eigenvalue weighted by atomic mass is 9.75. The van der Waals surface area contributed by atoms with Crippen molar-refractivity contribution in [1.82, 2.24) is 10.2 Å². The lowest BCUT2D eigenvalue weighted by Gasteiger charge is -2.38. The Kier molecular flexibility index (Phi) is 8.16. The Morgan fingerprint density at radius 3 is 2.72 bits per heavy atom. The van der Waals surface area contributed by atoms with Gasteiger partial charge in [-0.15, -0.1) is 10.2 Å². The maximum absolute atomic E-state index is 13.3. The second-order valence-electron chi connectivity index (χ2n) is 9.08. The SMILES string of the molecule is CCc1ccc(C2C(C#N)=C(N)N(c3nnc(SCC(=O)Nc4ccccc4Br)s3)C3=C2C(=O)CCC3)cc1. The first-order valence-electron chi connectivity index (χ1n) is 12.5. The number of halogens is 1. The molecule has 1 aliphatic carbocycles. The number of anilines is 2. The number of rotatable bonds is 7. The molecule has 2 aliphatic rings. The molecule has 0 radical (unpaired) electrons. The lowest BCUT2D eigenvalue weighted by molar-refractivity contribution is -0.116. The summed E-state index contributed by atoms with van der Waals surface area (Å²) in [6.07, 6.45) is 2.66. The third-order valence-electron chi connectivity index (χ3n) is 6.70. The first kappa shape index (κ1) is 27.1. The van der Waals surface area contributed by atoms with Crippen molar-refractivity contribution in [1.29, 1.82) is 5.26 Å². The van der Waals surface area contributed by atoms with E-state index in [1.165, 1.54) is 28.7 Å². The number of ketones is 1. The van der Waals surface area contributed by atoms with Gasteiger partial charge in [0.1, 0.15) is 5.82 Å². The maximum atomic E-state index is 13.3. The molecule has 2 heterocycles. The zero-order chi connectivity index (χ0) is 27.5. The average molecular weight is 622 g/mol. The van der Waals surface area contributed by atoms with Crippen molar-refractivity contribution in [3.05, 3.63) is 86.8 Å². The highest BCUT2D eigenvalue weighted by atomic mass is 79.9. The molecule has 2 aromatic carbocycles. The third-order valence-corrected chi connectivity index (χ3v) is 9.43. The van der Waals surface area contributed by atoms with Gasteiger partial charge in [0.15, 0.2) is 10.1 Å². The van der Waals surface area contributed by atoms with Crippen molar-refractivity contribution in [2.45, 2.75) is 42.9 Å². The third kappa shape index (κ3) is 5.50. The Morgan fingerprint density at radius 1 is 1.23 bits per heavy atom. The quantitative estimate of drug-likeness (QED) is 0.313. The Morgan fingerprint density at radius 2 is 2.00 bits per heavy atom. The van der Waals surface area contributed by atoms with Gasteiger partial charge in [-0.2, -0.15) is 5.26 Å². The first-order valence-corrected chi connectivity index (χ1v) is 15.1. The van der Waals surface area contributed by atoms with E-state index in [1.807, 2.05) is 48.5 Å². The van der Waals surface area contributed by atoms with Crippen LogP contribution in [0.15, 0.2) is 80.0 Å². The number of aromatic nitrogens is 2. The molecule has 1 unspecified atom stereocenters. The van der Waals surface area contributed by atoms with E-state index in [1.54, 1.807) is 4.90 Å². The van der Waals surface area contributed by atoms with Crippen LogP contribution in [-0.2, 0) is 16.0 Å². The molecule has 3 aromatic rings. The number of nitriles is 1. The van der Waals surface area contributed by atoms with Gasteiger partial charge in [-0.25, -0.2) is 0 Å². The van der Waals surface area contributed by atoms with Gasteiger partial charge in [-0.3, -0.25) is 14.5 Å². The van der Waals surface area contributed by atoms with E-state index < -0.39 is 5.92 Å². The van der Waals surface area contributed by atoms with Crippen molar-refractivity contribution in [2.75, 3.05) is 16.0 Å². The van der Waals surface area contributed by atoms with Crippen molar-refractivity contribution in [3.8, 4) is 6.07 Å². The highest BCUT2D eigenvalue weighted by Crippen LogP contribution is 2.47. The van der Waals surface area contributed by atoms with Gasteiger partial charge in [-0.1, -0.05) is 66.4 Å². The summed E-state index contributed by atoms with van der Waals surface area (Å²) >= 11 is 5.96. The number of benzene rings is 2. The van der Waals surface area contributed by atoms with Crippen LogP contribution in [0.3, 0.4) is 0 Å². The number of carbonyl (C=O) groups is 2. The maximum Gasteiger partial charge on any atom is 0.234 e. The van der Waals surface area contributed by atoms with Crippen LogP contribution in [0.4, 0.5) is 10.8 Å². The summed E-state index contributed by atoms with van der Waals surface area (Å²) in [6, 6.07) is 17.7. The molecule has 1 aromatic heterocycles. The van der Waals surface area contributed by atoms with Gasteiger partial charge in [0.25, 0.3) is 0 Å². The van der Waals surface area contributed by atoms with Crippen LogP contribution in [0.25, 0.3) is 0 Å². The van der Waals surface area contributed by atoms with E-state index in [0.717, 1.165) is 22.2 Å². The predicted octanol–water partition coefficient (Wildman–Crippen LogP) is 5.90. The summed E-state index contributed by atoms with van der Waals surface area (Å²) in [5.41, 5.74) is 11.1. The normalized spacial score (nSPS) is 17.2. The van der Waals surface area contributed by atoms with E-state index >= 15 is 0 Å².